The van der Waals surface area contributed by atoms with Crippen molar-refractivity contribution in [1.29, 1.82) is 0 Å². The Labute approximate surface area is 178 Å². The molecule has 1 saturated heterocycles. The fourth-order valence-electron chi connectivity index (χ4n) is 3.06. The highest BCUT2D eigenvalue weighted by molar-refractivity contribution is 9.10. The van der Waals surface area contributed by atoms with Crippen LogP contribution in [0.5, 0.6) is 5.75 Å². The third-order valence-corrected chi connectivity index (χ3v) is 7.26. The SMILES string of the molecule is COc1ccc(S(=O)(=O)N2CCCCC2)cc1NC(=O)c1cc(Br)ccc1Cl. The summed E-state index contributed by atoms with van der Waals surface area (Å²) in [5, 5.41) is 3.00. The molecule has 0 aromatic heterocycles. The van der Waals surface area contributed by atoms with E-state index < -0.39 is 15.9 Å². The normalized spacial score (nSPS) is 15.2. The van der Waals surface area contributed by atoms with Crippen molar-refractivity contribution < 1.29 is 17.9 Å². The fraction of sp³-hybridized carbons (Fsp3) is 0.316. The first-order chi connectivity index (χ1) is 13.3. The number of ether oxygens (including phenoxy) is 1. The first kappa shape index (κ1) is 21.1. The first-order valence-corrected chi connectivity index (χ1v) is 11.4. The molecule has 0 bridgehead atoms. The van der Waals surface area contributed by atoms with Gasteiger partial charge >= 0.3 is 0 Å². The molecular formula is C19H20BrClN2O4S. The van der Waals surface area contributed by atoms with Crippen molar-refractivity contribution in [2.24, 2.45) is 0 Å². The number of sulfonamides is 1. The number of piperidine rings is 1. The number of hydrogen-bond donors (Lipinski definition) is 1. The molecule has 1 heterocycles. The number of amides is 1. The average molecular weight is 488 g/mol. The maximum Gasteiger partial charge on any atom is 0.257 e. The molecule has 1 amide bonds. The molecule has 0 saturated carbocycles. The monoisotopic (exact) mass is 486 g/mol. The van der Waals surface area contributed by atoms with Gasteiger partial charge in [0.2, 0.25) is 10.0 Å². The molecule has 9 heteroatoms. The van der Waals surface area contributed by atoms with Crippen LogP contribution in [0.4, 0.5) is 5.69 Å². The zero-order valence-corrected chi connectivity index (χ0v) is 18.4. The van der Waals surface area contributed by atoms with Gasteiger partial charge < -0.3 is 10.1 Å². The van der Waals surface area contributed by atoms with E-state index in [1.54, 1.807) is 18.2 Å². The van der Waals surface area contributed by atoms with Crippen LogP contribution in [-0.2, 0) is 10.0 Å². The number of hydrogen-bond acceptors (Lipinski definition) is 4. The Hall–Kier alpha value is -1.61. The molecular weight excluding hydrogens is 468 g/mol. The van der Waals surface area contributed by atoms with Crippen molar-refractivity contribution in [1.82, 2.24) is 4.31 Å². The molecule has 1 aliphatic heterocycles. The van der Waals surface area contributed by atoms with Crippen molar-refractivity contribution in [3.63, 3.8) is 0 Å². The molecule has 1 aliphatic rings. The fourth-order valence-corrected chi connectivity index (χ4v) is 5.17. The Morgan fingerprint density at radius 3 is 2.54 bits per heavy atom. The molecule has 150 valence electrons. The molecule has 1 N–H and O–H groups in total. The quantitative estimate of drug-likeness (QED) is 0.672. The lowest BCUT2D eigenvalue weighted by Gasteiger charge is -2.26. The second-order valence-electron chi connectivity index (χ2n) is 6.41. The molecule has 0 atom stereocenters. The zero-order valence-electron chi connectivity index (χ0n) is 15.2. The Morgan fingerprint density at radius 1 is 1.14 bits per heavy atom. The van der Waals surface area contributed by atoms with E-state index in [1.807, 2.05) is 0 Å². The number of benzene rings is 2. The lowest BCUT2D eigenvalue weighted by atomic mass is 10.2. The summed E-state index contributed by atoms with van der Waals surface area (Å²) in [5.41, 5.74) is 0.531. The standard InChI is InChI=1S/C19H20BrClN2O4S/c1-27-18-8-6-14(28(25,26)23-9-3-2-4-10-23)12-17(18)22-19(24)15-11-13(20)5-7-16(15)21/h5-8,11-12H,2-4,9-10H2,1H3,(H,22,24). The van der Waals surface area contributed by atoms with Gasteiger partial charge in [-0.25, -0.2) is 8.42 Å². The highest BCUT2D eigenvalue weighted by Gasteiger charge is 2.27. The summed E-state index contributed by atoms with van der Waals surface area (Å²) in [6, 6.07) is 9.38. The Morgan fingerprint density at radius 2 is 1.86 bits per heavy atom. The van der Waals surface area contributed by atoms with Gasteiger partial charge in [0.25, 0.3) is 5.91 Å². The zero-order chi connectivity index (χ0) is 20.3. The summed E-state index contributed by atoms with van der Waals surface area (Å²) in [6.07, 6.45) is 2.73. The maximum absolute atomic E-state index is 12.9. The molecule has 6 nitrogen and oxygen atoms in total. The molecule has 0 spiro atoms. The Balaban J connectivity index is 1.93. The van der Waals surface area contributed by atoms with E-state index in [0.29, 0.717) is 23.3 Å². The third kappa shape index (κ3) is 4.51. The minimum Gasteiger partial charge on any atom is -0.495 e. The van der Waals surface area contributed by atoms with Crippen molar-refractivity contribution in [2.45, 2.75) is 24.2 Å². The van der Waals surface area contributed by atoms with Gasteiger partial charge in [0, 0.05) is 17.6 Å². The van der Waals surface area contributed by atoms with Gasteiger partial charge in [0.05, 0.1) is 28.3 Å². The van der Waals surface area contributed by atoms with Crippen LogP contribution in [0, 0.1) is 0 Å². The highest BCUT2D eigenvalue weighted by Crippen LogP contribution is 2.31. The number of nitrogens with zero attached hydrogens (tertiary/aromatic N) is 1. The van der Waals surface area contributed by atoms with Crippen LogP contribution in [0.2, 0.25) is 5.02 Å². The van der Waals surface area contributed by atoms with Gasteiger partial charge in [-0.3, -0.25) is 4.79 Å². The van der Waals surface area contributed by atoms with E-state index in [9.17, 15) is 13.2 Å². The summed E-state index contributed by atoms with van der Waals surface area (Å²) in [7, 11) is -2.18. The van der Waals surface area contributed by atoms with Crippen molar-refractivity contribution in [2.75, 3.05) is 25.5 Å². The molecule has 1 fully saturated rings. The van der Waals surface area contributed by atoms with Gasteiger partial charge in [0.15, 0.2) is 0 Å². The number of nitrogens with one attached hydrogen (secondary N) is 1. The molecule has 2 aromatic rings. The van der Waals surface area contributed by atoms with Crippen LogP contribution < -0.4 is 10.1 Å². The molecule has 3 rings (SSSR count). The van der Waals surface area contributed by atoms with Gasteiger partial charge in [-0.1, -0.05) is 34.0 Å². The van der Waals surface area contributed by atoms with E-state index >= 15 is 0 Å². The predicted octanol–water partition coefficient (Wildman–Crippen LogP) is 4.54. The van der Waals surface area contributed by atoms with Crippen LogP contribution in [0.25, 0.3) is 0 Å². The number of halogens is 2. The summed E-state index contributed by atoms with van der Waals surface area (Å²) in [5.74, 6) is -0.103. The van der Waals surface area contributed by atoms with E-state index in [1.165, 1.54) is 29.6 Å². The van der Waals surface area contributed by atoms with Crippen LogP contribution in [0.15, 0.2) is 45.8 Å². The molecule has 0 radical (unpaired) electrons. The van der Waals surface area contributed by atoms with Crippen molar-refractivity contribution in [3.8, 4) is 5.75 Å². The molecule has 2 aromatic carbocycles. The second kappa shape index (κ2) is 8.82. The van der Waals surface area contributed by atoms with Crippen molar-refractivity contribution in [3.05, 3.63) is 51.5 Å². The summed E-state index contributed by atoms with van der Waals surface area (Å²) in [6.45, 7) is 1.01. The average Bonchev–Trinajstić information content (AvgIpc) is 2.70. The lowest BCUT2D eigenvalue weighted by Crippen LogP contribution is -2.35. The van der Waals surface area contributed by atoms with E-state index in [-0.39, 0.29) is 21.2 Å². The summed E-state index contributed by atoms with van der Waals surface area (Å²) in [4.78, 5) is 12.8. The van der Waals surface area contributed by atoms with Crippen LogP contribution in [0.3, 0.4) is 0 Å². The van der Waals surface area contributed by atoms with Gasteiger partial charge in [0.1, 0.15) is 5.75 Å². The van der Waals surface area contributed by atoms with Gasteiger partial charge in [-0.15, -0.1) is 0 Å². The van der Waals surface area contributed by atoms with Crippen LogP contribution in [0.1, 0.15) is 29.6 Å². The number of carbonyl (C=O) groups excluding carboxylic acids is 1. The Bertz CT molecular complexity index is 991. The van der Waals surface area contributed by atoms with E-state index in [4.69, 9.17) is 16.3 Å². The predicted molar refractivity (Wildman–Crippen MR) is 113 cm³/mol. The molecule has 28 heavy (non-hydrogen) atoms. The lowest BCUT2D eigenvalue weighted by molar-refractivity contribution is 0.102. The summed E-state index contributed by atoms with van der Waals surface area (Å²) < 4.78 is 33.3. The number of carbonyl (C=O) groups is 1. The maximum atomic E-state index is 12.9. The second-order valence-corrected chi connectivity index (χ2v) is 9.67. The van der Waals surface area contributed by atoms with E-state index in [2.05, 4.69) is 21.2 Å². The van der Waals surface area contributed by atoms with Crippen LogP contribution in [-0.4, -0.2) is 38.8 Å². The van der Waals surface area contributed by atoms with E-state index in [0.717, 1.165) is 19.3 Å². The third-order valence-electron chi connectivity index (χ3n) is 4.54. The molecule has 0 aliphatic carbocycles. The number of anilines is 1. The first-order valence-electron chi connectivity index (χ1n) is 8.77. The number of methoxy groups -OCH3 is 1. The van der Waals surface area contributed by atoms with Crippen molar-refractivity contribution >= 4 is 49.1 Å². The van der Waals surface area contributed by atoms with Gasteiger partial charge in [-0.05, 0) is 49.2 Å². The minimum absolute atomic E-state index is 0.117. The summed E-state index contributed by atoms with van der Waals surface area (Å²) >= 11 is 9.43. The largest absolute Gasteiger partial charge is 0.495 e. The molecule has 0 unspecified atom stereocenters. The number of rotatable bonds is 5. The van der Waals surface area contributed by atoms with Gasteiger partial charge in [-0.2, -0.15) is 4.31 Å². The minimum atomic E-state index is -3.63. The highest BCUT2D eigenvalue weighted by atomic mass is 79.9. The smallest absolute Gasteiger partial charge is 0.257 e. The topological polar surface area (TPSA) is 75.7 Å². The van der Waals surface area contributed by atoms with Crippen LogP contribution >= 0.6 is 27.5 Å². The Kier molecular flexibility index (Phi) is 6.65.